The van der Waals surface area contributed by atoms with Crippen molar-refractivity contribution >= 4 is 29.8 Å². The summed E-state index contributed by atoms with van der Waals surface area (Å²) in [5.41, 5.74) is 0.863. The molecular weight excluding hydrogens is 636 g/mol. The lowest BCUT2D eigenvalue weighted by Crippen LogP contribution is -2.63. The van der Waals surface area contributed by atoms with Crippen molar-refractivity contribution in [3.05, 3.63) is 35.9 Å². The molecule has 3 heterocycles. The molecule has 3 fully saturated rings. The van der Waals surface area contributed by atoms with Crippen molar-refractivity contribution < 1.29 is 71.7 Å². The number of aliphatic hydroxyl groups excluding tert-OH is 1. The average Bonchev–Trinajstić information content (AvgIpc) is 3.42. The highest BCUT2D eigenvalue weighted by Gasteiger charge is 2.61. The molecule has 266 valence electrons. The molecule has 1 aromatic rings. The molecule has 0 spiro atoms. The highest BCUT2D eigenvalue weighted by Crippen LogP contribution is 2.44. The van der Waals surface area contributed by atoms with Crippen LogP contribution >= 0.6 is 0 Å². The fraction of sp³-hybridized carbons (Fsp3) is 0.667. The Morgan fingerprint density at radius 1 is 1.02 bits per heavy atom. The van der Waals surface area contributed by atoms with Crippen LogP contribution in [0.5, 0.6) is 0 Å². The molecule has 1 N–H and O–H groups in total. The Kier molecular flexibility index (Phi) is 12.5. The summed E-state index contributed by atoms with van der Waals surface area (Å²) >= 11 is 0. The number of methoxy groups -OCH3 is 1. The minimum Gasteiger partial charge on any atom is -0.465 e. The molecule has 4 rings (SSSR count). The minimum absolute atomic E-state index is 0.161. The predicted molar refractivity (Wildman–Crippen MR) is 160 cm³/mol. The summed E-state index contributed by atoms with van der Waals surface area (Å²) in [6.45, 7) is 6.26. The van der Waals surface area contributed by atoms with Gasteiger partial charge in [-0.05, 0) is 12.5 Å². The highest BCUT2D eigenvalue weighted by molar-refractivity contribution is 5.79. The van der Waals surface area contributed by atoms with Crippen LogP contribution in [0.4, 0.5) is 0 Å². The first-order valence-corrected chi connectivity index (χ1v) is 15.8. The van der Waals surface area contributed by atoms with Gasteiger partial charge >= 0.3 is 29.8 Å². The van der Waals surface area contributed by atoms with Crippen molar-refractivity contribution in [2.24, 2.45) is 11.8 Å². The standard InChI is InChI=1S/C33H44O15/c1-17-18(2)44-26(30(28(17)38)42-14-22-10-8-7-9-11-22)16-43-33(32(39)40-6)13-24-23(12-27(37)47-24)29(48-33)31(46-21(5)36)25(45-20(4)35)15-41-19(3)34/h7-11,17-18,23-26,28-31,38H,12-16H2,1-6H3. The van der Waals surface area contributed by atoms with E-state index in [-0.39, 0.29) is 32.0 Å². The molecule has 48 heavy (non-hydrogen) atoms. The zero-order chi connectivity index (χ0) is 35.2. The summed E-state index contributed by atoms with van der Waals surface area (Å²) < 4.78 is 51.7. The largest absolute Gasteiger partial charge is 0.465 e. The number of aliphatic hydroxyl groups is 1. The Labute approximate surface area is 278 Å². The van der Waals surface area contributed by atoms with Gasteiger partial charge < -0.3 is 47.7 Å². The first-order valence-electron chi connectivity index (χ1n) is 15.8. The van der Waals surface area contributed by atoms with Gasteiger partial charge in [0.05, 0.1) is 45.4 Å². The summed E-state index contributed by atoms with van der Waals surface area (Å²) in [4.78, 5) is 62.3. The Hall–Kier alpha value is -3.63. The van der Waals surface area contributed by atoms with Gasteiger partial charge in [0.15, 0.2) is 12.2 Å². The normalized spacial score (nSPS) is 32.6. The lowest BCUT2D eigenvalue weighted by Gasteiger charge is -2.47. The molecule has 1 aromatic carbocycles. The Morgan fingerprint density at radius 3 is 2.33 bits per heavy atom. The van der Waals surface area contributed by atoms with Crippen molar-refractivity contribution in [1.82, 2.24) is 0 Å². The van der Waals surface area contributed by atoms with E-state index in [2.05, 4.69) is 0 Å². The summed E-state index contributed by atoms with van der Waals surface area (Å²) in [7, 11) is 1.11. The van der Waals surface area contributed by atoms with Gasteiger partial charge in [0.2, 0.25) is 0 Å². The van der Waals surface area contributed by atoms with Crippen LogP contribution in [0.2, 0.25) is 0 Å². The van der Waals surface area contributed by atoms with Gasteiger partial charge in [-0.3, -0.25) is 19.2 Å². The third kappa shape index (κ3) is 8.88. The van der Waals surface area contributed by atoms with Gasteiger partial charge in [0, 0.05) is 32.6 Å². The lowest BCUT2D eigenvalue weighted by molar-refractivity contribution is -0.328. The van der Waals surface area contributed by atoms with E-state index >= 15 is 0 Å². The molecule has 11 atom stereocenters. The first kappa shape index (κ1) is 37.2. The molecule has 0 radical (unpaired) electrons. The molecule has 3 saturated heterocycles. The minimum atomic E-state index is -2.25. The highest BCUT2D eigenvalue weighted by atomic mass is 16.7. The maximum Gasteiger partial charge on any atom is 0.366 e. The van der Waals surface area contributed by atoms with Crippen LogP contribution in [-0.2, 0) is 73.2 Å². The van der Waals surface area contributed by atoms with Crippen LogP contribution in [0.25, 0.3) is 0 Å². The number of hydrogen-bond donors (Lipinski definition) is 1. The fourth-order valence-corrected chi connectivity index (χ4v) is 6.27. The second-order valence-electron chi connectivity index (χ2n) is 12.3. The van der Waals surface area contributed by atoms with E-state index in [0.717, 1.165) is 33.4 Å². The topological polar surface area (TPSA) is 189 Å². The van der Waals surface area contributed by atoms with E-state index < -0.39 is 97.0 Å². The summed E-state index contributed by atoms with van der Waals surface area (Å²) in [5.74, 6) is -7.27. The number of ether oxygens (including phenoxy) is 9. The van der Waals surface area contributed by atoms with Crippen LogP contribution in [0.15, 0.2) is 30.3 Å². The van der Waals surface area contributed by atoms with E-state index in [1.165, 1.54) is 0 Å². The maximum absolute atomic E-state index is 13.6. The molecule has 11 unspecified atom stereocenters. The monoisotopic (exact) mass is 680 g/mol. The van der Waals surface area contributed by atoms with Crippen molar-refractivity contribution in [3.8, 4) is 0 Å². The molecule has 15 nitrogen and oxygen atoms in total. The molecule has 0 saturated carbocycles. The average molecular weight is 681 g/mol. The molecule has 0 aromatic heterocycles. The van der Waals surface area contributed by atoms with Gasteiger partial charge in [0.1, 0.15) is 31.0 Å². The fourth-order valence-electron chi connectivity index (χ4n) is 6.27. The first-order chi connectivity index (χ1) is 22.7. The van der Waals surface area contributed by atoms with E-state index in [1.807, 2.05) is 37.3 Å². The lowest BCUT2D eigenvalue weighted by atomic mass is 9.82. The van der Waals surface area contributed by atoms with Gasteiger partial charge in [-0.15, -0.1) is 0 Å². The van der Waals surface area contributed by atoms with Crippen LogP contribution < -0.4 is 0 Å². The maximum atomic E-state index is 13.6. The third-order valence-electron chi connectivity index (χ3n) is 8.78. The van der Waals surface area contributed by atoms with E-state index in [9.17, 15) is 29.1 Å². The van der Waals surface area contributed by atoms with Gasteiger partial charge in [0.25, 0.3) is 5.79 Å². The number of rotatable bonds is 13. The van der Waals surface area contributed by atoms with E-state index in [4.69, 9.17) is 42.6 Å². The third-order valence-corrected chi connectivity index (χ3v) is 8.78. The van der Waals surface area contributed by atoms with E-state index in [0.29, 0.717) is 0 Å². The molecule has 0 bridgehead atoms. The second kappa shape index (κ2) is 16.2. The van der Waals surface area contributed by atoms with Crippen LogP contribution in [0.3, 0.4) is 0 Å². The summed E-state index contributed by atoms with van der Waals surface area (Å²) in [6, 6.07) is 9.34. The van der Waals surface area contributed by atoms with Gasteiger partial charge in [-0.25, -0.2) is 4.79 Å². The zero-order valence-electron chi connectivity index (χ0n) is 27.9. The summed E-state index contributed by atoms with van der Waals surface area (Å²) in [5, 5.41) is 11.2. The second-order valence-corrected chi connectivity index (χ2v) is 12.3. The quantitative estimate of drug-likeness (QED) is 0.232. The Bertz CT molecular complexity index is 1300. The number of carbonyl (C=O) groups is 5. The van der Waals surface area contributed by atoms with Crippen LogP contribution in [0.1, 0.15) is 53.0 Å². The zero-order valence-corrected chi connectivity index (χ0v) is 27.9. The molecular formula is C33H44O15. The number of fused-ring (bicyclic) bond motifs is 1. The Balaban J connectivity index is 1.67. The van der Waals surface area contributed by atoms with Crippen molar-refractivity contribution in [2.45, 2.75) is 109 Å². The van der Waals surface area contributed by atoms with Crippen molar-refractivity contribution in [1.29, 1.82) is 0 Å². The smallest absolute Gasteiger partial charge is 0.366 e. The molecule has 3 aliphatic heterocycles. The number of benzene rings is 1. The van der Waals surface area contributed by atoms with E-state index in [1.54, 1.807) is 6.92 Å². The van der Waals surface area contributed by atoms with Crippen molar-refractivity contribution in [3.63, 3.8) is 0 Å². The molecule has 3 aliphatic rings. The van der Waals surface area contributed by atoms with Gasteiger partial charge in [-0.1, -0.05) is 37.3 Å². The van der Waals surface area contributed by atoms with Gasteiger partial charge in [-0.2, -0.15) is 0 Å². The number of esters is 5. The Morgan fingerprint density at radius 2 is 1.71 bits per heavy atom. The SMILES string of the molecule is COC(=O)C1(OCC2OC(C)C(C)C(O)C2OCc2ccccc2)CC2OC(=O)CC2C(C(OC(C)=O)C(COC(C)=O)OC(C)=O)O1. The number of hydrogen-bond acceptors (Lipinski definition) is 15. The van der Waals surface area contributed by atoms with Crippen molar-refractivity contribution in [2.75, 3.05) is 20.3 Å². The number of carbonyl (C=O) groups excluding carboxylic acids is 5. The summed E-state index contributed by atoms with van der Waals surface area (Å²) in [6.07, 6.45) is -8.89. The molecule has 0 amide bonds. The van der Waals surface area contributed by atoms with Crippen LogP contribution in [-0.4, -0.2) is 110 Å². The van der Waals surface area contributed by atoms with Crippen LogP contribution in [0, 0.1) is 11.8 Å². The predicted octanol–water partition coefficient (Wildman–Crippen LogP) is 1.39. The molecule has 15 heteroatoms. The molecule has 0 aliphatic carbocycles.